The van der Waals surface area contributed by atoms with E-state index in [1.165, 1.54) is 18.5 Å². The fourth-order valence-electron chi connectivity index (χ4n) is 3.59. The molecule has 1 amide bonds. The highest BCUT2D eigenvalue weighted by Gasteiger charge is 2.32. The van der Waals surface area contributed by atoms with Gasteiger partial charge >= 0.3 is 6.36 Å². The van der Waals surface area contributed by atoms with Gasteiger partial charge < -0.3 is 20.5 Å². The first-order valence-electron chi connectivity index (χ1n) is 11.2. The Morgan fingerprint density at radius 2 is 1.84 bits per heavy atom. The van der Waals surface area contributed by atoms with Gasteiger partial charge in [-0.15, -0.1) is 13.2 Å². The molecule has 0 radical (unpaired) electrons. The number of nitrogen functional groups attached to an aromatic ring is 1. The number of amides is 1. The molecular formula is C24H23F3N6O4. The molecule has 2 aromatic heterocycles. The average molecular weight is 516 g/mol. The third-order valence-corrected chi connectivity index (χ3v) is 5.40. The Morgan fingerprint density at radius 3 is 2.49 bits per heavy atom. The summed E-state index contributed by atoms with van der Waals surface area (Å²) >= 11 is 0. The van der Waals surface area contributed by atoms with Crippen LogP contribution in [0.2, 0.25) is 0 Å². The predicted molar refractivity (Wildman–Crippen MR) is 127 cm³/mol. The van der Waals surface area contributed by atoms with Crippen LogP contribution in [0.4, 0.5) is 24.7 Å². The molecule has 194 valence electrons. The first kappa shape index (κ1) is 26.0. The smallest absolute Gasteiger partial charge is 0.404 e. The van der Waals surface area contributed by atoms with E-state index in [9.17, 15) is 22.8 Å². The summed E-state index contributed by atoms with van der Waals surface area (Å²) in [5.74, 6) is -1.24. The molecule has 0 bridgehead atoms. The second-order valence-corrected chi connectivity index (χ2v) is 8.16. The van der Waals surface area contributed by atoms with Crippen LogP contribution < -0.4 is 15.8 Å². The van der Waals surface area contributed by atoms with Gasteiger partial charge in [0.15, 0.2) is 11.5 Å². The van der Waals surface area contributed by atoms with Crippen molar-refractivity contribution in [1.82, 2.24) is 19.9 Å². The number of benzene rings is 1. The zero-order chi connectivity index (χ0) is 26.4. The maximum atomic E-state index is 12.9. The molecule has 1 aromatic carbocycles. The van der Waals surface area contributed by atoms with Crippen molar-refractivity contribution in [3.8, 4) is 17.0 Å². The fourth-order valence-corrected chi connectivity index (χ4v) is 3.59. The van der Waals surface area contributed by atoms with Crippen molar-refractivity contribution in [3.63, 3.8) is 0 Å². The lowest BCUT2D eigenvalue weighted by Crippen LogP contribution is -2.41. The van der Waals surface area contributed by atoms with Crippen LogP contribution in [-0.2, 0) is 16.0 Å². The summed E-state index contributed by atoms with van der Waals surface area (Å²) < 4.78 is 48.0. The van der Waals surface area contributed by atoms with E-state index in [0.717, 1.165) is 12.1 Å². The normalized spacial score (nSPS) is 14.2. The van der Waals surface area contributed by atoms with E-state index >= 15 is 0 Å². The van der Waals surface area contributed by atoms with Gasteiger partial charge in [-0.3, -0.25) is 24.5 Å². The molecule has 3 N–H and O–H groups in total. The van der Waals surface area contributed by atoms with Gasteiger partial charge in [-0.2, -0.15) is 0 Å². The number of anilines is 2. The quantitative estimate of drug-likeness (QED) is 0.434. The number of hydrogen-bond donors (Lipinski definition) is 2. The minimum atomic E-state index is -4.98. The van der Waals surface area contributed by atoms with Crippen molar-refractivity contribution in [1.29, 1.82) is 0 Å². The maximum Gasteiger partial charge on any atom is 0.573 e. The molecule has 0 spiro atoms. The molecule has 0 unspecified atom stereocenters. The summed E-state index contributed by atoms with van der Waals surface area (Å²) in [6, 6.07) is 6.70. The summed E-state index contributed by atoms with van der Waals surface area (Å²) in [5.41, 5.74) is 6.96. The fraction of sp³-hybridized carbons (Fsp3) is 0.292. The van der Waals surface area contributed by atoms with Crippen LogP contribution in [0, 0.1) is 0 Å². The van der Waals surface area contributed by atoms with Gasteiger partial charge in [0.05, 0.1) is 49.5 Å². The molecule has 0 saturated carbocycles. The van der Waals surface area contributed by atoms with Crippen LogP contribution in [0.5, 0.6) is 5.75 Å². The molecule has 3 heterocycles. The van der Waals surface area contributed by atoms with E-state index in [0.29, 0.717) is 49.1 Å². The molecule has 1 fully saturated rings. The van der Waals surface area contributed by atoms with Crippen molar-refractivity contribution in [2.75, 3.05) is 43.9 Å². The van der Waals surface area contributed by atoms with Crippen LogP contribution in [0.15, 0.2) is 48.9 Å². The highest BCUT2D eigenvalue weighted by atomic mass is 19.4. The number of hydrogen-bond acceptors (Lipinski definition) is 9. The van der Waals surface area contributed by atoms with Crippen LogP contribution in [-0.4, -0.2) is 70.8 Å². The topological polar surface area (TPSA) is 133 Å². The predicted octanol–water partition coefficient (Wildman–Crippen LogP) is 2.72. The third kappa shape index (κ3) is 7.44. The van der Waals surface area contributed by atoms with Crippen LogP contribution in [0.25, 0.3) is 11.3 Å². The number of rotatable bonds is 8. The first-order chi connectivity index (χ1) is 17.7. The summed E-state index contributed by atoms with van der Waals surface area (Å²) in [4.78, 5) is 39.7. The number of morpholine rings is 1. The van der Waals surface area contributed by atoms with E-state index in [-0.39, 0.29) is 24.2 Å². The van der Waals surface area contributed by atoms with Crippen molar-refractivity contribution in [3.05, 3.63) is 60.2 Å². The number of aromatic nitrogens is 3. The zero-order valence-corrected chi connectivity index (χ0v) is 19.5. The molecule has 1 aliphatic rings. The van der Waals surface area contributed by atoms with Crippen LogP contribution in [0.3, 0.4) is 0 Å². The number of nitrogens with one attached hydrogen (secondary N) is 1. The molecule has 1 saturated heterocycles. The van der Waals surface area contributed by atoms with E-state index in [1.54, 1.807) is 23.2 Å². The molecule has 3 aromatic rings. The maximum absolute atomic E-state index is 12.9. The van der Waals surface area contributed by atoms with Crippen molar-refractivity contribution in [2.45, 2.75) is 12.8 Å². The lowest BCUT2D eigenvalue weighted by molar-refractivity contribution is -0.274. The monoisotopic (exact) mass is 516 g/mol. The average Bonchev–Trinajstić information content (AvgIpc) is 2.86. The second-order valence-electron chi connectivity index (χ2n) is 8.16. The van der Waals surface area contributed by atoms with Crippen LogP contribution in [0.1, 0.15) is 16.1 Å². The lowest BCUT2D eigenvalue weighted by atomic mass is 10.1. The molecule has 37 heavy (non-hydrogen) atoms. The SMILES string of the molecule is Nc1ccc(-c2cnc(CC(=O)c3ccc(OC(F)(F)F)c(NC(=O)CN4CCOCC4)c3)cn2)cn1. The zero-order valence-electron chi connectivity index (χ0n) is 19.5. The summed E-state index contributed by atoms with van der Waals surface area (Å²) in [5, 5.41) is 2.43. The van der Waals surface area contributed by atoms with Crippen molar-refractivity contribution < 1.29 is 32.2 Å². The Hall–Kier alpha value is -4.10. The number of nitrogens with two attached hydrogens (primary N) is 1. The Morgan fingerprint density at radius 1 is 1.05 bits per heavy atom. The number of carbonyl (C=O) groups is 2. The van der Waals surface area contributed by atoms with Gasteiger partial charge in [0.1, 0.15) is 5.82 Å². The summed E-state index contributed by atoms with van der Waals surface area (Å²) in [6.07, 6.45) is -0.687. The van der Waals surface area contributed by atoms with E-state index in [1.807, 2.05) is 0 Å². The Kier molecular flexibility index (Phi) is 7.94. The minimum Gasteiger partial charge on any atom is -0.404 e. The van der Waals surface area contributed by atoms with E-state index < -0.39 is 23.8 Å². The van der Waals surface area contributed by atoms with Gasteiger partial charge in [-0.1, -0.05) is 0 Å². The Balaban J connectivity index is 1.48. The Labute approximate surface area is 209 Å². The van der Waals surface area contributed by atoms with E-state index in [2.05, 4.69) is 25.0 Å². The third-order valence-electron chi connectivity index (χ3n) is 5.40. The van der Waals surface area contributed by atoms with Gasteiger partial charge in [-0.05, 0) is 30.3 Å². The molecule has 0 aliphatic carbocycles. The number of ether oxygens (including phenoxy) is 2. The summed E-state index contributed by atoms with van der Waals surface area (Å²) in [6.45, 7) is 1.92. The molecule has 1 aliphatic heterocycles. The van der Waals surface area contributed by atoms with E-state index in [4.69, 9.17) is 10.5 Å². The largest absolute Gasteiger partial charge is 0.573 e. The second kappa shape index (κ2) is 11.3. The van der Waals surface area contributed by atoms with Crippen molar-refractivity contribution >= 4 is 23.2 Å². The molecule has 0 atom stereocenters. The Bertz CT molecular complexity index is 1250. The molecular weight excluding hydrogens is 493 g/mol. The molecule has 13 heteroatoms. The highest BCUT2D eigenvalue weighted by molar-refractivity contribution is 6.00. The number of carbonyl (C=O) groups excluding carboxylic acids is 2. The first-order valence-corrected chi connectivity index (χ1v) is 11.2. The molecule has 10 nitrogen and oxygen atoms in total. The van der Waals surface area contributed by atoms with Gasteiger partial charge in [-0.25, -0.2) is 4.98 Å². The number of Topliss-reactive ketones (excluding diaryl/α,β-unsaturated/α-hetero) is 1. The minimum absolute atomic E-state index is 0.0432. The van der Waals surface area contributed by atoms with Gasteiger partial charge in [0.25, 0.3) is 0 Å². The highest BCUT2D eigenvalue weighted by Crippen LogP contribution is 2.31. The van der Waals surface area contributed by atoms with Gasteiger partial charge in [0.2, 0.25) is 5.91 Å². The number of alkyl halides is 3. The number of pyridine rings is 1. The standard InChI is InChI=1S/C24H23F3N6O4/c25-24(26,27)37-21-3-1-15(9-18(21)32-23(35)14-33-5-7-36-8-6-33)20(34)10-17-12-30-19(13-29-17)16-2-4-22(28)31-11-16/h1-4,9,11-13H,5-8,10,14H2,(H2,28,31)(H,32,35). The van der Waals surface area contributed by atoms with Crippen molar-refractivity contribution in [2.24, 2.45) is 0 Å². The number of halogens is 3. The van der Waals surface area contributed by atoms with Crippen LogP contribution >= 0.6 is 0 Å². The number of nitrogens with zero attached hydrogens (tertiary/aromatic N) is 4. The molecule has 4 rings (SSSR count). The summed E-state index contributed by atoms with van der Waals surface area (Å²) in [7, 11) is 0. The lowest BCUT2D eigenvalue weighted by Gasteiger charge is -2.26. The van der Waals surface area contributed by atoms with Gasteiger partial charge in [0, 0.05) is 36.6 Å². The number of ketones is 1.